The summed E-state index contributed by atoms with van der Waals surface area (Å²) >= 11 is 0. The van der Waals surface area contributed by atoms with E-state index in [2.05, 4.69) is 6.92 Å². The fourth-order valence-corrected chi connectivity index (χ4v) is 3.46. The van der Waals surface area contributed by atoms with Crippen molar-refractivity contribution in [2.75, 3.05) is 7.05 Å². The molecule has 2 atom stereocenters. The number of nitrogens with two attached hydrogens (primary N) is 1. The second-order valence-electron chi connectivity index (χ2n) is 6.81. The molecule has 1 amide bonds. The van der Waals surface area contributed by atoms with Crippen molar-refractivity contribution in [1.29, 1.82) is 0 Å². The number of rotatable bonds is 5. The number of carbonyl (C=O) groups excluding carboxylic acids is 1. The molecule has 1 heterocycles. The van der Waals surface area contributed by atoms with E-state index in [0.29, 0.717) is 35.3 Å². The first kappa shape index (κ1) is 17.7. The molecule has 1 saturated carbocycles. The van der Waals surface area contributed by atoms with E-state index >= 15 is 0 Å². The van der Waals surface area contributed by atoms with Crippen LogP contribution >= 0.6 is 0 Å². The first-order chi connectivity index (χ1) is 11.7. The Morgan fingerprint density at radius 2 is 2.00 bits per heavy atom. The van der Waals surface area contributed by atoms with Crippen LogP contribution in [-0.2, 0) is 16.6 Å². The highest BCUT2D eigenvalue weighted by Crippen LogP contribution is 2.47. The fraction of sp³-hybridized carbons (Fsp3) is 0.389. The third-order valence-corrected chi connectivity index (χ3v) is 5.58. The predicted molar refractivity (Wildman–Crippen MR) is 93.6 cm³/mol. The maximum Gasteiger partial charge on any atom is 0.254 e. The predicted octanol–water partition coefficient (Wildman–Crippen LogP) is 2.63. The van der Waals surface area contributed by atoms with E-state index in [1.165, 1.54) is 17.0 Å². The number of primary sulfonamides is 1. The molecule has 0 bridgehead atoms. The number of carbonyl (C=O) groups is 1. The Hall–Kier alpha value is -2.12. The number of sulfonamides is 1. The molecule has 1 aromatic heterocycles. The number of hydrogen-bond donors (Lipinski definition) is 1. The van der Waals surface area contributed by atoms with Gasteiger partial charge in [-0.05, 0) is 49.1 Å². The summed E-state index contributed by atoms with van der Waals surface area (Å²) < 4.78 is 28.9. The number of furan rings is 1. The molecule has 3 rings (SSSR count). The number of benzene rings is 1. The van der Waals surface area contributed by atoms with Gasteiger partial charge in [0.2, 0.25) is 10.0 Å². The van der Waals surface area contributed by atoms with Crippen LogP contribution < -0.4 is 5.14 Å². The Balaban J connectivity index is 1.77. The average molecular weight is 362 g/mol. The van der Waals surface area contributed by atoms with E-state index in [1.807, 2.05) is 12.1 Å². The van der Waals surface area contributed by atoms with Gasteiger partial charge in [-0.15, -0.1) is 0 Å². The van der Waals surface area contributed by atoms with Gasteiger partial charge in [0.25, 0.3) is 5.91 Å². The zero-order valence-electron chi connectivity index (χ0n) is 14.5. The summed E-state index contributed by atoms with van der Waals surface area (Å²) in [6, 6.07) is 8.16. The van der Waals surface area contributed by atoms with Gasteiger partial charge in [0.1, 0.15) is 11.5 Å². The summed E-state index contributed by atoms with van der Waals surface area (Å²) in [6.45, 7) is 4.26. The van der Waals surface area contributed by atoms with Crippen LogP contribution in [0.3, 0.4) is 0 Å². The second-order valence-corrected chi connectivity index (χ2v) is 8.37. The van der Waals surface area contributed by atoms with Gasteiger partial charge in [0, 0.05) is 18.5 Å². The zero-order valence-corrected chi connectivity index (χ0v) is 15.3. The average Bonchev–Trinajstić information content (AvgIpc) is 3.08. The van der Waals surface area contributed by atoms with Crippen LogP contribution in [0.5, 0.6) is 0 Å². The van der Waals surface area contributed by atoms with Crippen LogP contribution in [-0.4, -0.2) is 26.3 Å². The van der Waals surface area contributed by atoms with Crippen molar-refractivity contribution in [3.05, 3.63) is 53.0 Å². The van der Waals surface area contributed by atoms with Crippen molar-refractivity contribution >= 4 is 15.9 Å². The lowest BCUT2D eigenvalue weighted by Crippen LogP contribution is -2.27. The maximum absolute atomic E-state index is 12.7. The highest BCUT2D eigenvalue weighted by molar-refractivity contribution is 7.89. The molecule has 0 spiro atoms. The van der Waals surface area contributed by atoms with Crippen LogP contribution in [0.2, 0.25) is 0 Å². The molecule has 1 aliphatic rings. The Labute approximate surface area is 147 Å². The largest absolute Gasteiger partial charge is 0.464 e. The zero-order chi connectivity index (χ0) is 18.4. The SMILES string of the molecule is Cc1ccc(S(N)(=O)=O)cc1C(=O)N(C)Cc1ccc([C@@H]2C[C@@H]2C)o1. The lowest BCUT2D eigenvalue weighted by molar-refractivity contribution is 0.0774. The minimum atomic E-state index is -3.85. The monoisotopic (exact) mass is 362 g/mol. The molecule has 7 heteroatoms. The highest BCUT2D eigenvalue weighted by Gasteiger charge is 2.36. The molecule has 6 nitrogen and oxygen atoms in total. The fourth-order valence-electron chi connectivity index (χ4n) is 2.92. The van der Waals surface area contributed by atoms with E-state index in [1.54, 1.807) is 20.0 Å². The highest BCUT2D eigenvalue weighted by atomic mass is 32.2. The summed E-state index contributed by atoms with van der Waals surface area (Å²) in [5.74, 6) is 2.55. The summed E-state index contributed by atoms with van der Waals surface area (Å²) in [6.07, 6.45) is 1.14. The molecule has 0 saturated heterocycles. The molecular formula is C18H22N2O4S. The van der Waals surface area contributed by atoms with Crippen molar-refractivity contribution < 1.29 is 17.6 Å². The standard InChI is InChI=1S/C18H22N2O4S/c1-11-4-6-14(25(19,22)23)9-16(11)18(21)20(3)10-13-5-7-17(24-13)15-8-12(15)2/h4-7,9,12,15H,8,10H2,1-3H3,(H2,19,22,23)/t12-,15+/m0/s1. The van der Waals surface area contributed by atoms with Crippen molar-refractivity contribution in [2.24, 2.45) is 11.1 Å². The van der Waals surface area contributed by atoms with E-state index in [0.717, 1.165) is 12.2 Å². The summed E-state index contributed by atoms with van der Waals surface area (Å²) in [5, 5.41) is 5.16. The smallest absolute Gasteiger partial charge is 0.254 e. The van der Waals surface area contributed by atoms with Crippen LogP contribution in [0.25, 0.3) is 0 Å². The molecule has 25 heavy (non-hydrogen) atoms. The van der Waals surface area contributed by atoms with Crippen molar-refractivity contribution in [3.63, 3.8) is 0 Å². The van der Waals surface area contributed by atoms with Gasteiger partial charge in [-0.2, -0.15) is 0 Å². The van der Waals surface area contributed by atoms with Gasteiger partial charge in [-0.25, -0.2) is 13.6 Å². The van der Waals surface area contributed by atoms with Gasteiger partial charge in [-0.3, -0.25) is 4.79 Å². The Morgan fingerprint density at radius 1 is 1.32 bits per heavy atom. The molecule has 0 radical (unpaired) electrons. The van der Waals surface area contributed by atoms with Crippen molar-refractivity contribution in [3.8, 4) is 0 Å². The Kier molecular flexibility index (Phi) is 4.47. The first-order valence-corrected chi connectivity index (χ1v) is 9.69. The normalized spacial score (nSPS) is 19.7. The number of nitrogens with zero attached hydrogens (tertiary/aromatic N) is 1. The lowest BCUT2D eigenvalue weighted by Gasteiger charge is -2.17. The number of amides is 1. The quantitative estimate of drug-likeness (QED) is 0.885. The molecule has 1 aromatic carbocycles. The third-order valence-electron chi connectivity index (χ3n) is 4.67. The molecule has 2 aromatic rings. The van der Waals surface area contributed by atoms with Crippen LogP contribution in [0.4, 0.5) is 0 Å². The van der Waals surface area contributed by atoms with E-state index in [-0.39, 0.29) is 10.8 Å². The molecular weight excluding hydrogens is 340 g/mol. The van der Waals surface area contributed by atoms with Crippen LogP contribution in [0.15, 0.2) is 39.6 Å². The van der Waals surface area contributed by atoms with Crippen LogP contribution in [0.1, 0.15) is 46.7 Å². The minimum absolute atomic E-state index is 0.0714. The van der Waals surface area contributed by atoms with Crippen molar-refractivity contribution in [2.45, 2.75) is 37.6 Å². The molecule has 1 aliphatic carbocycles. The molecule has 1 fully saturated rings. The molecule has 0 aliphatic heterocycles. The molecule has 0 unspecified atom stereocenters. The number of hydrogen-bond acceptors (Lipinski definition) is 4. The first-order valence-electron chi connectivity index (χ1n) is 8.14. The topological polar surface area (TPSA) is 93.6 Å². The van der Waals surface area contributed by atoms with Crippen molar-refractivity contribution in [1.82, 2.24) is 4.90 Å². The summed E-state index contributed by atoms with van der Waals surface area (Å²) in [5.41, 5.74) is 1.01. The van der Waals surface area contributed by atoms with Gasteiger partial charge in [0.05, 0.1) is 11.4 Å². The Morgan fingerprint density at radius 3 is 2.60 bits per heavy atom. The van der Waals surface area contributed by atoms with E-state index < -0.39 is 10.0 Å². The summed E-state index contributed by atoms with van der Waals surface area (Å²) in [7, 11) is -2.19. The van der Waals surface area contributed by atoms with Gasteiger partial charge < -0.3 is 9.32 Å². The maximum atomic E-state index is 12.7. The van der Waals surface area contributed by atoms with Gasteiger partial charge in [0.15, 0.2) is 0 Å². The molecule has 2 N–H and O–H groups in total. The van der Waals surface area contributed by atoms with E-state index in [9.17, 15) is 13.2 Å². The lowest BCUT2D eigenvalue weighted by atomic mass is 10.1. The van der Waals surface area contributed by atoms with Gasteiger partial charge >= 0.3 is 0 Å². The Bertz CT molecular complexity index is 917. The van der Waals surface area contributed by atoms with E-state index in [4.69, 9.17) is 9.56 Å². The number of aryl methyl sites for hydroxylation is 1. The molecule has 134 valence electrons. The second kappa shape index (κ2) is 6.31. The minimum Gasteiger partial charge on any atom is -0.464 e. The van der Waals surface area contributed by atoms with Gasteiger partial charge in [-0.1, -0.05) is 13.0 Å². The summed E-state index contributed by atoms with van der Waals surface area (Å²) in [4.78, 5) is 14.1. The van der Waals surface area contributed by atoms with Crippen LogP contribution in [0, 0.1) is 12.8 Å². The third kappa shape index (κ3) is 3.77.